The molecule has 1 aliphatic heterocycles. The molecule has 0 radical (unpaired) electrons. The molecule has 0 unspecified atom stereocenters. The van der Waals surface area contributed by atoms with Crippen molar-refractivity contribution in [3.05, 3.63) is 91.8 Å². The lowest BCUT2D eigenvalue weighted by molar-refractivity contribution is -0.763. The highest BCUT2D eigenvalue weighted by Crippen LogP contribution is 2.41. The largest absolute Gasteiger partial charge is 0.490 e. The number of carbonyl (C=O) groups excluding carboxylic acids is 1. The summed E-state index contributed by atoms with van der Waals surface area (Å²) in [6.45, 7) is 4.57. The van der Waals surface area contributed by atoms with Crippen molar-refractivity contribution >= 4 is 45.9 Å². The molecular weight excluding hydrogens is 627 g/mol. The third kappa shape index (κ3) is 5.27. The molecule has 0 bridgehead atoms. The van der Waals surface area contributed by atoms with Crippen LogP contribution in [0, 0.1) is 3.57 Å². The molecule has 1 aromatic heterocycles. The maximum Gasteiger partial charge on any atom is 0.325 e. The van der Waals surface area contributed by atoms with Crippen LogP contribution in [0.4, 0.5) is 5.69 Å². The lowest BCUT2D eigenvalue weighted by atomic mass is 10.0. The molecule has 1 N–H and O–H groups in total. The molecule has 5 rings (SSSR count). The number of amides is 1. The number of para-hydroxylation sites is 1. The Bertz CT molecular complexity index is 1580. The molecular formula is C29H28IN4O4S+. The van der Waals surface area contributed by atoms with Gasteiger partial charge in [-0.3, -0.25) is 14.6 Å². The summed E-state index contributed by atoms with van der Waals surface area (Å²) < 4.78 is 14.8. The zero-order valence-electron chi connectivity index (χ0n) is 21.8. The van der Waals surface area contributed by atoms with Gasteiger partial charge in [0, 0.05) is 11.5 Å². The van der Waals surface area contributed by atoms with Crippen molar-refractivity contribution in [3.63, 3.8) is 0 Å². The second-order valence-corrected chi connectivity index (χ2v) is 10.8. The van der Waals surface area contributed by atoms with E-state index in [1.807, 2.05) is 86.8 Å². The summed E-state index contributed by atoms with van der Waals surface area (Å²) in [5.74, 6) is 1.11. The number of rotatable bonds is 8. The van der Waals surface area contributed by atoms with Gasteiger partial charge in [0.2, 0.25) is 11.1 Å². The topological polar surface area (TPSA) is 88.4 Å². The fourth-order valence-electron chi connectivity index (χ4n) is 4.67. The Kier molecular flexibility index (Phi) is 8.22. The molecule has 0 spiro atoms. The Morgan fingerprint density at radius 2 is 1.85 bits per heavy atom. The number of anilines is 1. The van der Waals surface area contributed by atoms with Crippen LogP contribution in [0.1, 0.15) is 37.6 Å². The van der Waals surface area contributed by atoms with E-state index in [1.54, 1.807) is 9.58 Å². The number of thioether (sulfide) groups is 1. The Morgan fingerprint density at radius 3 is 2.56 bits per heavy atom. The molecule has 1 atom stereocenters. The van der Waals surface area contributed by atoms with Crippen molar-refractivity contribution in [2.45, 2.75) is 38.2 Å². The maximum absolute atomic E-state index is 13.5. The molecule has 1 amide bonds. The molecule has 8 nitrogen and oxygen atoms in total. The van der Waals surface area contributed by atoms with Crippen LogP contribution in [0.25, 0.3) is 11.3 Å². The fraction of sp³-hybridized carbons (Fsp3) is 0.241. The average Bonchev–Trinajstić information content (AvgIpc) is 2.95. The summed E-state index contributed by atoms with van der Waals surface area (Å²) in [4.78, 5) is 31.5. The van der Waals surface area contributed by atoms with E-state index >= 15 is 0 Å². The van der Waals surface area contributed by atoms with Crippen LogP contribution in [0.2, 0.25) is 0 Å². The fourth-order valence-corrected chi connectivity index (χ4v) is 5.82. The summed E-state index contributed by atoms with van der Waals surface area (Å²) >= 11 is 3.57. The van der Waals surface area contributed by atoms with Crippen molar-refractivity contribution in [2.24, 2.45) is 0 Å². The Balaban J connectivity index is 1.70. The lowest BCUT2D eigenvalue weighted by Gasteiger charge is -2.32. The summed E-state index contributed by atoms with van der Waals surface area (Å²) in [6, 6.07) is 21.2. The van der Waals surface area contributed by atoms with Crippen molar-refractivity contribution < 1.29 is 19.0 Å². The quantitative estimate of drug-likeness (QED) is 0.157. The van der Waals surface area contributed by atoms with Gasteiger partial charge in [0.15, 0.2) is 11.5 Å². The Labute approximate surface area is 244 Å². The molecule has 0 aliphatic carbocycles. The number of ether oxygens (including phenoxy) is 2. The van der Waals surface area contributed by atoms with Gasteiger partial charge in [-0.15, -0.1) is 0 Å². The van der Waals surface area contributed by atoms with Gasteiger partial charge in [0.1, 0.15) is 6.61 Å². The van der Waals surface area contributed by atoms with E-state index in [9.17, 15) is 9.59 Å². The van der Waals surface area contributed by atoms with Crippen molar-refractivity contribution in [2.75, 3.05) is 17.8 Å². The van der Waals surface area contributed by atoms with Gasteiger partial charge in [-0.25, -0.2) is 4.90 Å². The van der Waals surface area contributed by atoms with E-state index in [-0.39, 0.29) is 17.9 Å². The number of nitrogens with zero attached hydrogens (tertiary/aromatic N) is 3. The lowest BCUT2D eigenvalue weighted by Crippen LogP contribution is -2.60. The first-order chi connectivity index (χ1) is 19.0. The van der Waals surface area contributed by atoms with Gasteiger partial charge in [0.25, 0.3) is 6.17 Å². The highest BCUT2D eigenvalue weighted by Gasteiger charge is 2.45. The minimum atomic E-state index is -0.702. The molecule has 2 heterocycles. The number of fused-ring (bicyclic) bond motifs is 3. The highest BCUT2D eigenvalue weighted by molar-refractivity contribution is 14.1. The maximum atomic E-state index is 13.5. The summed E-state index contributed by atoms with van der Waals surface area (Å²) in [5, 5.41) is 5.23. The second-order valence-electron chi connectivity index (χ2n) is 8.80. The van der Waals surface area contributed by atoms with E-state index in [2.05, 4.69) is 27.6 Å². The average molecular weight is 656 g/mol. The SMILES string of the molecule is CCOc1cc([C@@H]2N(C(=O)CC)c3ccccc3-c3c(=O)[nH]c(SC)n[n+]32)cc(I)c1OCc1ccccc1. The number of nitrogens with one attached hydrogen (secondary N) is 1. The van der Waals surface area contributed by atoms with Crippen LogP contribution in [0.3, 0.4) is 0 Å². The molecule has 0 saturated heterocycles. The first-order valence-electron chi connectivity index (χ1n) is 12.6. The van der Waals surface area contributed by atoms with Gasteiger partial charge < -0.3 is 9.47 Å². The number of halogens is 1. The number of hydrogen-bond donors (Lipinski definition) is 1. The number of carbonyl (C=O) groups is 1. The van der Waals surface area contributed by atoms with E-state index in [0.29, 0.717) is 46.8 Å². The minimum absolute atomic E-state index is 0.0873. The van der Waals surface area contributed by atoms with Gasteiger partial charge >= 0.3 is 11.3 Å². The van der Waals surface area contributed by atoms with E-state index in [4.69, 9.17) is 14.6 Å². The monoisotopic (exact) mass is 655 g/mol. The number of aromatic amines is 1. The number of aromatic nitrogens is 3. The number of H-pyrrole nitrogens is 1. The molecule has 3 aromatic carbocycles. The van der Waals surface area contributed by atoms with Crippen LogP contribution in [-0.4, -0.2) is 28.9 Å². The van der Waals surface area contributed by atoms with Crippen LogP contribution in [0.15, 0.2) is 76.7 Å². The Hall–Kier alpha value is -3.38. The number of benzene rings is 3. The van der Waals surface area contributed by atoms with E-state index in [1.165, 1.54) is 11.8 Å². The number of hydrogen-bond acceptors (Lipinski definition) is 6. The molecule has 4 aromatic rings. The summed E-state index contributed by atoms with van der Waals surface area (Å²) in [5.41, 5.74) is 3.24. The third-order valence-corrected chi connectivity index (χ3v) is 7.75. The van der Waals surface area contributed by atoms with Gasteiger partial charge in [-0.2, -0.15) is 0 Å². The molecule has 39 heavy (non-hydrogen) atoms. The third-order valence-electron chi connectivity index (χ3n) is 6.38. The van der Waals surface area contributed by atoms with Gasteiger partial charge in [-0.05, 0) is 70.3 Å². The molecule has 200 valence electrons. The molecule has 0 fully saturated rings. The standard InChI is InChI=1S/C29H27IN4O4S/c1-4-24(35)33-22-14-10-9-13-20(22)25-27(36)31-29(39-3)32-34(25)28(33)19-15-21(30)26(23(16-19)37-5-2)38-17-18-11-7-6-8-12-18/h6-16,28H,4-5,17H2,1-3H3/p+1/t28-/m1/s1. The zero-order valence-corrected chi connectivity index (χ0v) is 24.8. The zero-order chi connectivity index (χ0) is 27.5. The van der Waals surface area contributed by atoms with Crippen molar-refractivity contribution in [1.82, 2.24) is 10.1 Å². The first kappa shape index (κ1) is 27.2. The Morgan fingerprint density at radius 1 is 1.10 bits per heavy atom. The first-order valence-corrected chi connectivity index (χ1v) is 14.9. The molecule has 0 saturated carbocycles. The smallest absolute Gasteiger partial charge is 0.325 e. The molecule has 10 heteroatoms. The summed E-state index contributed by atoms with van der Waals surface area (Å²) in [7, 11) is 0. The second kappa shape index (κ2) is 11.8. The molecule has 1 aliphatic rings. The van der Waals surface area contributed by atoms with Crippen LogP contribution >= 0.6 is 34.4 Å². The van der Waals surface area contributed by atoms with Crippen molar-refractivity contribution in [1.29, 1.82) is 0 Å². The normalized spacial score (nSPS) is 13.9. The van der Waals surface area contributed by atoms with Crippen molar-refractivity contribution in [3.8, 4) is 22.8 Å². The van der Waals surface area contributed by atoms with Gasteiger partial charge in [-0.1, -0.05) is 61.2 Å². The van der Waals surface area contributed by atoms with Crippen LogP contribution < -0.4 is 24.6 Å². The van der Waals surface area contributed by atoms with E-state index < -0.39 is 6.17 Å². The highest BCUT2D eigenvalue weighted by atomic mass is 127. The minimum Gasteiger partial charge on any atom is -0.490 e. The predicted octanol–water partition coefficient (Wildman–Crippen LogP) is 5.33. The predicted molar refractivity (Wildman–Crippen MR) is 159 cm³/mol. The van der Waals surface area contributed by atoms with Crippen LogP contribution in [0.5, 0.6) is 11.5 Å². The van der Waals surface area contributed by atoms with Crippen LogP contribution in [-0.2, 0) is 11.4 Å². The summed E-state index contributed by atoms with van der Waals surface area (Å²) in [6.07, 6.45) is 1.43. The van der Waals surface area contributed by atoms with E-state index in [0.717, 1.165) is 14.7 Å². The van der Waals surface area contributed by atoms with Gasteiger partial charge in [0.05, 0.1) is 27.0 Å².